The van der Waals surface area contributed by atoms with Crippen molar-refractivity contribution >= 4 is 28.4 Å². The summed E-state index contributed by atoms with van der Waals surface area (Å²) in [5, 5.41) is 1.38. The van der Waals surface area contributed by atoms with Gasteiger partial charge in [-0.2, -0.15) is 0 Å². The van der Waals surface area contributed by atoms with E-state index in [2.05, 4.69) is 18.4 Å². The van der Waals surface area contributed by atoms with Crippen molar-refractivity contribution in [1.82, 2.24) is 24.8 Å². The van der Waals surface area contributed by atoms with Crippen LogP contribution in [0.4, 0.5) is 4.39 Å². The number of halogens is 2. The molecule has 3 saturated heterocycles. The number of amides is 1. The molecule has 1 amide bonds. The highest BCUT2D eigenvalue weighted by Crippen LogP contribution is 2.49. The van der Waals surface area contributed by atoms with Gasteiger partial charge in [0.15, 0.2) is 5.82 Å². The number of carbonyl (C=O) groups is 1. The van der Waals surface area contributed by atoms with Gasteiger partial charge in [0.2, 0.25) is 5.91 Å². The van der Waals surface area contributed by atoms with Gasteiger partial charge in [0, 0.05) is 52.6 Å². The van der Waals surface area contributed by atoms with Crippen molar-refractivity contribution in [2.45, 2.75) is 101 Å². The molecule has 4 aliphatic rings. The number of likely N-dealkylation sites (tertiary alicyclic amines) is 1. The molecule has 1 saturated carbocycles. The monoisotopic (exact) mass is 615 g/mol. The van der Waals surface area contributed by atoms with Crippen LogP contribution in [0.1, 0.15) is 99.7 Å². The molecule has 1 aliphatic carbocycles. The number of rotatable bonds is 8. The number of carbonyl (C=O) groups excluding carboxylic acids is 1. The number of hydrogen-bond donors (Lipinski definition) is 0. The number of aromatic nitrogens is 3. The standard InChI is InChI=1S/C36H43ClFN5O/c1-4-29(44)42-18-14-35(5-2,15-19-42)34-26-22-39-32(25-20-23(3)21-27(37)30(25)24-8-9-24)31(38)33(26)40-28(41-34)10-13-36-11-6-16-43(36)17-7-12-36/h4,20-22,24H,1,5-19H2,2-3H3. The van der Waals surface area contributed by atoms with Crippen molar-refractivity contribution in [3.8, 4) is 11.3 Å². The summed E-state index contributed by atoms with van der Waals surface area (Å²) in [6, 6.07) is 3.99. The van der Waals surface area contributed by atoms with Gasteiger partial charge in [-0.1, -0.05) is 25.1 Å². The summed E-state index contributed by atoms with van der Waals surface area (Å²) in [4.78, 5) is 32.0. The Hall–Kier alpha value is -2.90. The Labute approximate surface area is 265 Å². The molecule has 6 nitrogen and oxygen atoms in total. The van der Waals surface area contributed by atoms with Crippen LogP contribution in [0.5, 0.6) is 0 Å². The highest BCUT2D eigenvalue weighted by molar-refractivity contribution is 6.32. The lowest BCUT2D eigenvalue weighted by Crippen LogP contribution is -2.45. The fourth-order valence-electron chi connectivity index (χ4n) is 8.56. The SMILES string of the molecule is C=CC(=O)N1CCC(CC)(c2nc(CCC34CCCN3CCC4)nc3c(F)c(-c4cc(C)cc(Cl)c4C4CC4)ncc23)CC1. The number of hydrogen-bond acceptors (Lipinski definition) is 5. The molecule has 3 aliphatic heterocycles. The van der Waals surface area contributed by atoms with Gasteiger partial charge in [0.05, 0.1) is 5.69 Å². The number of pyridine rings is 1. The zero-order valence-electron chi connectivity index (χ0n) is 26.1. The van der Waals surface area contributed by atoms with Crippen LogP contribution in [-0.4, -0.2) is 62.4 Å². The van der Waals surface area contributed by atoms with Gasteiger partial charge >= 0.3 is 0 Å². The average molecular weight is 616 g/mol. The molecule has 4 fully saturated rings. The highest BCUT2D eigenvalue weighted by Gasteiger charge is 2.44. The number of benzene rings is 1. The van der Waals surface area contributed by atoms with E-state index in [1.165, 1.54) is 44.8 Å². The zero-order valence-corrected chi connectivity index (χ0v) is 26.9. The van der Waals surface area contributed by atoms with Gasteiger partial charge in [-0.25, -0.2) is 14.4 Å². The van der Waals surface area contributed by atoms with Gasteiger partial charge in [0.25, 0.3) is 0 Å². The van der Waals surface area contributed by atoms with E-state index in [1.54, 1.807) is 6.20 Å². The van der Waals surface area contributed by atoms with E-state index in [9.17, 15) is 4.79 Å². The summed E-state index contributed by atoms with van der Waals surface area (Å²) in [6.45, 7) is 11.5. The number of fused-ring (bicyclic) bond motifs is 2. The normalized spacial score (nSPS) is 21.1. The third-order valence-electron chi connectivity index (χ3n) is 11.3. The van der Waals surface area contributed by atoms with Gasteiger partial charge in [-0.15, -0.1) is 0 Å². The smallest absolute Gasteiger partial charge is 0.245 e. The summed E-state index contributed by atoms with van der Waals surface area (Å²) in [6.07, 6.45) is 14.3. The van der Waals surface area contributed by atoms with E-state index in [-0.39, 0.29) is 22.7 Å². The van der Waals surface area contributed by atoms with Crippen molar-refractivity contribution < 1.29 is 9.18 Å². The first kappa shape index (κ1) is 29.8. The zero-order chi connectivity index (χ0) is 30.6. The van der Waals surface area contributed by atoms with E-state index in [0.29, 0.717) is 40.6 Å². The molecule has 0 N–H and O–H groups in total. The molecule has 232 valence electrons. The largest absolute Gasteiger partial charge is 0.339 e. The Kier molecular flexibility index (Phi) is 7.77. The van der Waals surface area contributed by atoms with Gasteiger partial charge in [-0.05, 0) is 119 Å². The third-order valence-corrected chi connectivity index (χ3v) is 11.6. The molecule has 0 radical (unpaired) electrons. The fraction of sp³-hybridized carbons (Fsp3) is 0.556. The molecule has 7 rings (SSSR count). The second kappa shape index (κ2) is 11.5. The number of piperidine rings is 1. The van der Waals surface area contributed by atoms with Crippen molar-refractivity contribution in [2.75, 3.05) is 26.2 Å². The molecule has 3 aromatic rings. The predicted molar refractivity (Wildman–Crippen MR) is 174 cm³/mol. The maximum Gasteiger partial charge on any atom is 0.245 e. The Bertz CT molecular complexity index is 1620. The molecular formula is C36H43ClFN5O. The van der Waals surface area contributed by atoms with Crippen LogP contribution in [-0.2, 0) is 16.6 Å². The summed E-state index contributed by atoms with van der Waals surface area (Å²) in [5.74, 6) is 0.640. The van der Waals surface area contributed by atoms with E-state index < -0.39 is 0 Å². The maximum atomic E-state index is 16.9. The van der Waals surface area contributed by atoms with Crippen molar-refractivity contribution in [3.05, 3.63) is 64.5 Å². The quantitative estimate of drug-likeness (QED) is 0.243. The van der Waals surface area contributed by atoms with Gasteiger partial charge in [0.1, 0.15) is 17.0 Å². The molecule has 2 aromatic heterocycles. The average Bonchev–Trinajstić information content (AvgIpc) is 3.66. The predicted octanol–water partition coefficient (Wildman–Crippen LogP) is 7.69. The second-order valence-electron chi connectivity index (χ2n) is 13.7. The number of nitrogens with zero attached hydrogens (tertiary/aromatic N) is 5. The van der Waals surface area contributed by atoms with Gasteiger partial charge < -0.3 is 4.90 Å². The lowest BCUT2D eigenvalue weighted by atomic mass is 9.72. The van der Waals surface area contributed by atoms with E-state index in [1.807, 2.05) is 24.0 Å². The Morgan fingerprint density at radius 2 is 1.84 bits per heavy atom. The first-order valence-corrected chi connectivity index (χ1v) is 17.0. The summed E-state index contributed by atoms with van der Waals surface area (Å²) in [5.41, 5.74) is 4.29. The van der Waals surface area contributed by atoms with E-state index >= 15 is 4.39 Å². The minimum atomic E-state index is -0.386. The summed E-state index contributed by atoms with van der Waals surface area (Å²) >= 11 is 6.76. The molecule has 1 aromatic carbocycles. The molecule has 5 heterocycles. The van der Waals surface area contributed by atoms with Crippen LogP contribution in [0, 0.1) is 12.7 Å². The van der Waals surface area contributed by atoms with E-state index in [0.717, 1.165) is 73.2 Å². The van der Waals surface area contributed by atoms with Crippen molar-refractivity contribution in [3.63, 3.8) is 0 Å². The molecular weight excluding hydrogens is 573 g/mol. The fourth-order valence-corrected chi connectivity index (χ4v) is 8.99. The molecule has 0 atom stereocenters. The molecule has 0 unspecified atom stereocenters. The van der Waals surface area contributed by atoms with Crippen LogP contribution in [0.15, 0.2) is 31.0 Å². The Morgan fingerprint density at radius 3 is 2.50 bits per heavy atom. The Morgan fingerprint density at radius 1 is 1.11 bits per heavy atom. The van der Waals surface area contributed by atoms with Crippen molar-refractivity contribution in [1.29, 1.82) is 0 Å². The van der Waals surface area contributed by atoms with Crippen molar-refractivity contribution in [2.24, 2.45) is 0 Å². The molecule has 0 spiro atoms. The van der Waals surface area contributed by atoms with Crippen LogP contribution in [0.3, 0.4) is 0 Å². The second-order valence-corrected chi connectivity index (χ2v) is 14.1. The first-order chi connectivity index (χ1) is 21.3. The Balaban J connectivity index is 1.35. The minimum Gasteiger partial charge on any atom is -0.339 e. The lowest BCUT2D eigenvalue weighted by molar-refractivity contribution is -0.127. The molecule has 44 heavy (non-hydrogen) atoms. The lowest BCUT2D eigenvalue weighted by Gasteiger charge is -2.41. The highest BCUT2D eigenvalue weighted by atomic mass is 35.5. The number of aryl methyl sites for hydroxylation is 2. The van der Waals surface area contributed by atoms with E-state index in [4.69, 9.17) is 26.6 Å². The van der Waals surface area contributed by atoms with Gasteiger partial charge in [-0.3, -0.25) is 14.7 Å². The van der Waals surface area contributed by atoms with Crippen LogP contribution < -0.4 is 0 Å². The maximum absolute atomic E-state index is 16.9. The molecule has 8 heteroatoms. The summed E-state index contributed by atoms with van der Waals surface area (Å²) in [7, 11) is 0. The first-order valence-electron chi connectivity index (χ1n) is 16.6. The van der Waals surface area contributed by atoms with Crippen LogP contribution >= 0.6 is 11.6 Å². The minimum absolute atomic E-state index is 0.0412. The molecule has 0 bridgehead atoms. The van der Waals surface area contributed by atoms with Crippen LogP contribution in [0.25, 0.3) is 22.2 Å². The summed E-state index contributed by atoms with van der Waals surface area (Å²) < 4.78 is 16.9. The van der Waals surface area contributed by atoms with Crippen LogP contribution in [0.2, 0.25) is 5.02 Å². The topological polar surface area (TPSA) is 62.2 Å². The third kappa shape index (κ3) is 5.04.